The third-order valence-corrected chi connectivity index (χ3v) is 2.79. The first-order valence-corrected chi connectivity index (χ1v) is 6.08. The molecule has 98 valence electrons. The number of amides is 1. The van der Waals surface area contributed by atoms with E-state index in [0.29, 0.717) is 11.3 Å². The number of hydrogen-bond acceptors (Lipinski definition) is 3. The Kier molecular flexibility index (Phi) is 3.92. The van der Waals surface area contributed by atoms with Crippen LogP contribution >= 0.6 is 0 Å². The second kappa shape index (κ2) is 5.63. The number of nitrogens with one attached hydrogen (secondary N) is 1. The topological polar surface area (TPSA) is 62.2 Å². The standard InChI is InChI=1S/C15H16N2O2/c1-10-8-13(6-7-16-10)15(19)17-14-5-3-4-12(9-14)11(2)18/h3-9,11,18H,1-2H3,(H,17,19). The molecule has 2 N–H and O–H groups in total. The molecule has 1 amide bonds. The molecule has 1 aromatic carbocycles. The molecule has 19 heavy (non-hydrogen) atoms. The van der Waals surface area contributed by atoms with Crippen molar-refractivity contribution in [1.29, 1.82) is 0 Å². The molecule has 4 nitrogen and oxygen atoms in total. The summed E-state index contributed by atoms with van der Waals surface area (Å²) < 4.78 is 0. The van der Waals surface area contributed by atoms with Crippen LogP contribution < -0.4 is 5.32 Å². The number of carbonyl (C=O) groups excluding carboxylic acids is 1. The molecule has 0 aliphatic rings. The van der Waals surface area contributed by atoms with Gasteiger partial charge in [-0.15, -0.1) is 0 Å². The minimum Gasteiger partial charge on any atom is -0.389 e. The maximum atomic E-state index is 12.0. The monoisotopic (exact) mass is 256 g/mol. The lowest BCUT2D eigenvalue weighted by Gasteiger charge is -2.09. The molecule has 4 heteroatoms. The predicted molar refractivity (Wildman–Crippen MR) is 74.0 cm³/mol. The Balaban J connectivity index is 2.17. The van der Waals surface area contributed by atoms with E-state index in [1.807, 2.05) is 13.0 Å². The molecule has 0 fully saturated rings. The molecular weight excluding hydrogens is 240 g/mol. The van der Waals surface area contributed by atoms with Crippen LogP contribution in [0.3, 0.4) is 0 Å². The molecule has 0 radical (unpaired) electrons. The number of pyridine rings is 1. The highest BCUT2D eigenvalue weighted by Gasteiger charge is 2.07. The van der Waals surface area contributed by atoms with Crippen molar-refractivity contribution in [3.63, 3.8) is 0 Å². The van der Waals surface area contributed by atoms with Crippen LogP contribution in [0, 0.1) is 6.92 Å². The van der Waals surface area contributed by atoms with Gasteiger partial charge in [-0.1, -0.05) is 12.1 Å². The zero-order valence-electron chi connectivity index (χ0n) is 10.9. The fourth-order valence-electron chi connectivity index (χ4n) is 1.77. The van der Waals surface area contributed by atoms with Crippen LogP contribution in [0.2, 0.25) is 0 Å². The average Bonchev–Trinajstić information content (AvgIpc) is 2.39. The fourth-order valence-corrected chi connectivity index (χ4v) is 1.77. The molecule has 1 aromatic heterocycles. The summed E-state index contributed by atoms with van der Waals surface area (Å²) in [5.41, 5.74) is 2.79. The number of aliphatic hydroxyl groups is 1. The van der Waals surface area contributed by atoms with Crippen LogP contribution in [-0.4, -0.2) is 16.0 Å². The normalized spacial score (nSPS) is 11.9. The Morgan fingerprint density at radius 2 is 2.11 bits per heavy atom. The molecule has 0 spiro atoms. The Morgan fingerprint density at radius 3 is 2.79 bits per heavy atom. The summed E-state index contributed by atoms with van der Waals surface area (Å²) in [5, 5.41) is 12.3. The van der Waals surface area contributed by atoms with Crippen molar-refractivity contribution < 1.29 is 9.90 Å². The number of carbonyl (C=O) groups is 1. The molecule has 1 heterocycles. The summed E-state index contributed by atoms with van der Waals surface area (Å²) in [6, 6.07) is 10.6. The van der Waals surface area contributed by atoms with Crippen LogP contribution in [0.1, 0.15) is 34.6 Å². The van der Waals surface area contributed by atoms with E-state index in [1.165, 1.54) is 0 Å². The number of nitrogens with zero attached hydrogens (tertiary/aromatic N) is 1. The second-order valence-electron chi connectivity index (χ2n) is 4.44. The number of aryl methyl sites for hydroxylation is 1. The summed E-state index contributed by atoms with van der Waals surface area (Å²) in [5.74, 6) is -0.187. The van der Waals surface area contributed by atoms with Crippen molar-refractivity contribution >= 4 is 11.6 Å². The van der Waals surface area contributed by atoms with Crippen LogP contribution in [0.25, 0.3) is 0 Å². The second-order valence-corrected chi connectivity index (χ2v) is 4.44. The highest BCUT2D eigenvalue weighted by atomic mass is 16.3. The highest BCUT2D eigenvalue weighted by molar-refractivity contribution is 6.04. The van der Waals surface area contributed by atoms with Gasteiger partial charge in [0.1, 0.15) is 0 Å². The summed E-state index contributed by atoms with van der Waals surface area (Å²) in [7, 11) is 0. The molecular formula is C15H16N2O2. The van der Waals surface area contributed by atoms with Gasteiger partial charge in [-0.2, -0.15) is 0 Å². The smallest absolute Gasteiger partial charge is 0.255 e. The molecule has 1 unspecified atom stereocenters. The van der Waals surface area contributed by atoms with Crippen molar-refractivity contribution in [2.24, 2.45) is 0 Å². The van der Waals surface area contributed by atoms with Crippen LogP contribution in [0.4, 0.5) is 5.69 Å². The largest absolute Gasteiger partial charge is 0.389 e. The van der Waals surface area contributed by atoms with Crippen LogP contribution in [0.15, 0.2) is 42.6 Å². The van der Waals surface area contributed by atoms with Crippen LogP contribution in [-0.2, 0) is 0 Å². The molecule has 0 saturated carbocycles. The summed E-state index contributed by atoms with van der Waals surface area (Å²) >= 11 is 0. The predicted octanol–water partition coefficient (Wildman–Crippen LogP) is 2.70. The number of hydrogen-bond donors (Lipinski definition) is 2. The molecule has 2 rings (SSSR count). The minimum atomic E-state index is -0.556. The van der Waals surface area contributed by atoms with Gasteiger partial charge in [-0.05, 0) is 43.7 Å². The van der Waals surface area contributed by atoms with Gasteiger partial charge in [0.05, 0.1) is 6.10 Å². The lowest BCUT2D eigenvalue weighted by Crippen LogP contribution is -2.12. The van der Waals surface area contributed by atoms with Gasteiger partial charge in [-0.3, -0.25) is 9.78 Å². The Morgan fingerprint density at radius 1 is 1.32 bits per heavy atom. The van der Waals surface area contributed by atoms with Crippen molar-refractivity contribution in [2.75, 3.05) is 5.32 Å². The van der Waals surface area contributed by atoms with Gasteiger partial charge in [0.25, 0.3) is 5.91 Å². The van der Waals surface area contributed by atoms with E-state index in [4.69, 9.17) is 0 Å². The summed E-state index contributed by atoms with van der Waals surface area (Å²) in [4.78, 5) is 16.1. The first-order valence-electron chi connectivity index (χ1n) is 6.08. The maximum Gasteiger partial charge on any atom is 0.255 e. The lowest BCUT2D eigenvalue weighted by atomic mass is 10.1. The van der Waals surface area contributed by atoms with E-state index in [1.54, 1.807) is 43.5 Å². The van der Waals surface area contributed by atoms with E-state index in [0.717, 1.165) is 11.3 Å². The number of anilines is 1. The van der Waals surface area contributed by atoms with Crippen molar-refractivity contribution in [2.45, 2.75) is 20.0 Å². The van der Waals surface area contributed by atoms with Crippen molar-refractivity contribution in [3.05, 3.63) is 59.4 Å². The number of aliphatic hydroxyl groups excluding tert-OH is 1. The number of aromatic nitrogens is 1. The van der Waals surface area contributed by atoms with Crippen LogP contribution in [0.5, 0.6) is 0 Å². The Hall–Kier alpha value is -2.20. The summed E-state index contributed by atoms with van der Waals surface area (Å²) in [6.07, 6.45) is 1.05. The van der Waals surface area contributed by atoms with E-state index < -0.39 is 6.10 Å². The van der Waals surface area contributed by atoms with Gasteiger partial charge in [0.15, 0.2) is 0 Å². The van der Waals surface area contributed by atoms with Crippen molar-refractivity contribution in [3.8, 4) is 0 Å². The van der Waals surface area contributed by atoms with Gasteiger partial charge in [0.2, 0.25) is 0 Å². The zero-order chi connectivity index (χ0) is 13.8. The molecule has 1 atom stereocenters. The van der Waals surface area contributed by atoms with Gasteiger partial charge < -0.3 is 10.4 Å². The molecule has 2 aromatic rings. The third kappa shape index (κ3) is 3.39. The van der Waals surface area contributed by atoms with Gasteiger partial charge >= 0.3 is 0 Å². The first kappa shape index (κ1) is 13.2. The van der Waals surface area contributed by atoms with E-state index in [9.17, 15) is 9.90 Å². The lowest BCUT2D eigenvalue weighted by molar-refractivity contribution is 0.102. The molecule has 0 bridgehead atoms. The van der Waals surface area contributed by atoms with E-state index >= 15 is 0 Å². The number of rotatable bonds is 3. The highest BCUT2D eigenvalue weighted by Crippen LogP contribution is 2.17. The van der Waals surface area contributed by atoms with Gasteiger partial charge in [-0.25, -0.2) is 0 Å². The maximum absolute atomic E-state index is 12.0. The Bertz CT molecular complexity index is 594. The Labute approximate surface area is 112 Å². The zero-order valence-corrected chi connectivity index (χ0v) is 10.9. The van der Waals surface area contributed by atoms with E-state index in [2.05, 4.69) is 10.3 Å². The summed E-state index contributed by atoms with van der Waals surface area (Å²) in [6.45, 7) is 3.53. The first-order chi connectivity index (χ1) is 9.06. The molecule has 0 aliphatic heterocycles. The third-order valence-electron chi connectivity index (χ3n) is 2.79. The number of benzene rings is 1. The van der Waals surface area contributed by atoms with Crippen molar-refractivity contribution in [1.82, 2.24) is 4.98 Å². The quantitative estimate of drug-likeness (QED) is 0.887. The fraction of sp³-hybridized carbons (Fsp3) is 0.200. The molecule has 0 saturated heterocycles. The SMILES string of the molecule is Cc1cc(C(=O)Nc2cccc(C(C)O)c2)ccn1. The average molecular weight is 256 g/mol. The van der Waals surface area contributed by atoms with E-state index in [-0.39, 0.29) is 5.91 Å². The van der Waals surface area contributed by atoms with Gasteiger partial charge in [0, 0.05) is 23.1 Å². The minimum absolute atomic E-state index is 0.187. The molecule has 0 aliphatic carbocycles.